The molecule has 0 unspecified atom stereocenters. The molecule has 0 aliphatic heterocycles. The van der Waals surface area contributed by atoms with Crippen molar-refractivity contribution < 1.29 is 19.1 Å². The lowest BCUT2D eigenvalue weighted by atomic mass is 10.2. The maximum absolute atomic E-state index is 11.7. The van der Waals surface area contributed by atoms with Crippen molar-refractivity contribution in [1.29, 1.82) is 0 Å². The van der Waals surface area contributed by atoms with Crippen molar-refractivity contribution in [1.82, 2.24) is 10.2 Å². The minimum atomic E-state index is -0.771. The molecule has 7 nitrogen and oxygen atoms in total. The summed E-state index contributed by atoms with van der Waals surface area (Å²) in [4.78, 5) is 36.8. The number of hydrogen-bond donors (Lipinski definition) is 2. The van der Waals surface area contributed by atoms with E-state index >= 15 is 0 Å². The van der Waals surface area contributed by atoms with Gasteiger partial charge in [-0.25, -0.2) is 4.79 Å². The van der Waals surface area contributed by atoms with Crippen LogP contribution in [0.2, 0.25) is 0 Å². The number of esters is 1. The first kappa shape index (κ1) is 17.6. The molecule has 22 heavy (non-hydrogen) atoms. The van der Waals surface area contributed by atoms with Gasteiger partial charge in [-0.2, -0.15) is 0 Å². The molecule has 0 fully saturated rings. The summed E-state index contributed by atoms with van der Waals surface area (Å²) in [7, 11) is 5.14. The predicted molar refractivity (Wildman–Crippen MR) is 82.6 cm³/mol. The van der Waals surface area contributed by atoms with E-state index in [0.717, 1.165) is 13.0 Å². The van der Waals surface area contributed by atoms with Gasteiger partial charge in [0.25, 0.3) is 0 Å². The number of nitrogens with zero attached hydrogens (tertiary/aromatic N) is 1. The van der Waals surface area contributed by atoms with E-state index in [0.29, 0.717) is 17.8 Å². The number of carbonyl (C=O) groups is 3. The fraction of sp³-hybridized carbons (Fsp3) is 0.400. The van der Waals surface area contributed by atoms with Crippen LogP contribution in [-0.4, -0.2) is 57.0 Å². The van der Waals surface area contributed by atoms with Gasteiger partial charge in [0.1, 0.15) is 0 Å². The number of rotatable bonds is 6. The molecule has 1 aromatic rings. The molecule has 0 heterocycles. The Labute approximate surface area is 129 Å². The monoisotopic (exact) mass is 307 g/mol. The third kappa shape index (κ3) is 5.92. The van der Waals surface area contributed by atoms with Crippen LogP contribution in [0.15, 0.2) is 24.3 Å². The fourth-order valence-electron chi connectivity index (χ4n) is 1.71. The molecule has 0 aliphatic carbocycles. The third-order valence-corrected chi connectivity index (χ3v) is 2.82. The van der Waals surface area contributed by atoms with E-state index in [-0.39, 0.29) is 0 Å². The molecule has 0 aliphatic rings. The molecule has 1 aromatic carbocycles. The van der Waals surface area contributed by atoms with Crippen LogP contribution in [0.5, 0.6) is 0 Å². The zero-order valence-electron chi connectivity index (χ0n) is 13.0. The Kier molecular flexibility index (Phi) is 7.04. The lowest BCUT2D eigenvalue weighted by Gasteiger charge is -2.10. The third-order valence-electron chi connectivity index (χ3n) is 2.82. The summed E-state index contributed by atoms with van der Waals surface area (Å²) >= 11 is 0. The van der Waals surface area contributed by atoms with Crippen LogP contribution in [0.25, 0.3) is 0 Å². The van der Waals surface area contributed by atoms with Crippen molar-refractivity contribution in [3.8, 4) is 0 Å². The first-order chi connectivity index (χ1) is 10.4. The number of amides is 2. The average Bonchev–Trinajstić information content (AvgIpc) is 2.50. The molecule has 0 aromatic heterocycles. The van der Waals surface area contributed by atoms with Gasteiger partial charge >= 0.3 is 17.8 Å². The molecule has 1 rings (SSSR count). The lowest BCUT2D eigenvalue weighted by Crippen LogP contribution is -2.36. The Bertz CT molecular complexity index is 543. The molecule has 0 atom stereocenters. The maximum Gasteiger partial charge on any atom is 0.337 e. The number of hydrogen-bond acceptors (Lipinski definition) is 5. The molecule has 0 saturated carbocycles. The van der Waals surface area contributed by atoms with Crippen molar-refractivity contribution in [2.24, 2.45) is 0 Å². The van der Waals surface area contributed by atoms with Crippen molar-refractivity contribution in [3.63, 3.8) is 0 Å². The molecule has 2 amide bonds. The Morgan fingerprint density at radius 1 is 1.18 bits per heavy atom. The number of methoxy groups -OCH3 is 1. The summed E-state index contributed by atoms with van der Waals surface area (Å²) in [6.45, 7) is 1.25. The second-order valence-corrected chi connectivity index (χ2v) is 4.94. The number of carbonyl (C=O) groups excluding carboxylic acids is 3. The van der Waals surface area contributed by atoms with Crippen LogP contribution < -0.4 is 10.6 Å². The van der Waals surface area contributed by atoms with E-state index in [1.165, 1.54) is 13.2 Å². The van der Waals surface area contributed by atoms with Crippen molar-refractivity contribution >= 4 is 23.5 Å². The number of anilines is 1. The van der Waals surface area contributed by atoms with Gasteiger partial charge < -0.3 is 20.3 Å². The largest absolute Gasteiger partial charge is 0.465 e. The van der Waals surface area contributed by atoms with Gasteiger partial charge in [0.15, 0.2) is 0 Å². The van der Waals surface area contributed by atoms with E-state index in [4.69, 9.17) is 0 Å². The SMILES string of the molecule is COC(=O)c1cccc(NC(=O)C(=O)NCCCN(C)C)c1. The smallest absolute Gasteiger partial charge is 0.337 e. The topological polar surface area (TPSA) is 87.7 Å². The van der Waals surface area contributed by atoms with Gasteiger partial charge in [0.2, 0.25) is 0 Å². The van der Waals surface area contributed by atoms with Crippen LogP contribution in [0.1, 0.15) is 16.8 Å². The lowest BCUT2D eigenvalue weighted by molar-refractivity contribution is -0.136. The summed E-state index contributed by atoms with van der Waals surface area (Å²) in [6.07, 6.45) is 0.754. The summed E-state index contributed by atoms with van der Waals surface area (Å²) in [5.41, 5.74) is 0.656. The molecule has 7 heteroatoms. The predicted octanol–water partition coefficient (Wildman–Crippen LogP) is 0.480. The van der Waals surface area contributed by atoms with E-state index in [1.807, 2.05) is 19.0 Å². The standard InChI is InChI=1S/C15H21N3O4/c1-18(2)9-5-8-16-13(19)14(20)17-12-7-4-6-11(10-12)15(21)22-3/h4,6-7,10H,5,8-9H2,1-3H3,(H,16,19)(H,17,20). The Morgan fingerprint density at radius 2 is 1.91 bits per heavy atom. The number of benzene rings is 1. The average molecular weight is 307 g/mol. The van der Waals surface area contributed by atoms with Crippen LogP contribution in [0.3, 0.4) is 0 Å². The minimum Gasteiger partial charge on any atom is -0.465 e. The first-order valence-electron chi connectivity index (χ1n) is 6.86. The minimum absolute atomic E-state index is 0.298. The first-order valence-corrected chi connectivity index (χ1v) is 6.86. The highest BCUT2D eigenvalue weighted by Crippen LogP contribution is 2.11. The zero-order valence-corrected chi connectivity index (χ0v) is 13.0. The van der Waals surface area contributed by atoms with Gasteiger partial charge in [-0.1, -0.05) is 6.07 Å². The second kappa shape index (κ2) is 8.78. The highest BCUT2D eigenvalue weighted by Gasteiger charge is 2.14. The van der Waals surface area contributed by atoms with Gasteiger partial charge in [-0.15, -0.1) is 0 Å². The number of ether oxygens (including phenoxy) is 1. The zero-order chi connectivity index (χ0) is 16.5. The molecule has 2 N–H and O–H groups in total. The summed E-state index contributed by atoms with van der Waals surface area (Å²) in [5, 5.41) is 4.98. The van der Waals surface area contributed by atoms with Crippen LogP contribution in [0, 0.1) is 0 Å². The summed E-state index contributed by atoms with van der Waals surface area (Å²) < 4.78 is 4.59. The number of nitrogens with one attached hydrogen (secondary N) is 2. The van der Waals surface area contributed by atoms with Crippen LogP contribution in [-0.2, 0) is 14.3 Å². The van der Waals surface area contributed by atoms with Gasteiger partial charge in [0, 0.05) is 12.2 Å². The highest BCUT2D eigenvalue weighted by molar-refractivity contribution is 6.39. The molecule has 120 valence electrons. The van der Waals surface area contributed by atoms with Gasteiger partial charge in [-0.05, 0) is 45.3 Å². The van der Waals surface area contributed by atoms with Crippen LogP contribution >= 0.6 is 0 Å². The van der Waals surface area contributed by atoms with Gasteiger partial charge in [0.05, 0.1) is 12.7 Å². The Morgan fingerprint density at radius 3 is 2.55 bits per heavy atom. The Balaban J connectivity index is 2.50. The molecule has 0 bridgehead atoms. The maximum atomic E-state index is 11.7. The van der Waals surface area contributed by atoms with E-state index in [2.05, 4.69) is 15.4 Å². The molecule has 0 spiro atoms. The van der Waals surface area contributed by atoms with Gasteiger partial charge in [-0.3, -0.25) is 9.59 Å². The van der Waals surface area contributed by atoms with Crippen molar-refractivity contribution in [2.45, 2.75) is 6.42 Å². The van der Waals surface area contributed by atoms with E-state index < -0.39 is 17.8 Å². The normalized spacial score (nSPS) is 10.2. The molecular weight excluding hydrogens is 286 g/mol. The second-order valence-electron chi connectivity index (χ2n) is 4.94. The van der Waals surface area contributed by atoms with Crippen LogP contribution in [0.4, 0.5) is 5.69 Å². The summed E-state index contributed by atoms with van der Waals surface area (Å²) in [6, 6.07) is 6.19. The van der Waals surface area contributed by atoms with E-state index in [1.54, 1.807) is 18.2 Å². The molecule has 0 radical (unpaired) electrons. The fourth-order valence-corrected chi connectivity index (χ4v) is 1.71. The van der Waals surface area contributed by atoms with E-state index in [9.17, 15) is 14.4 Å². The highest BCUT2D eigenvalue weighted by atomic mass is 16.5. The van der Waals surface area contributed by atoms with Crippen molar-refractivity contribution in [3.05, 3.63) is 29.8 Å². The summed E-state index contributed by atoms with van der Waals surface area (Å²) in [5.74, 6) is -1.99. The molecular formula is C15H21N3O4. The van der Waals surface area contributed by atoms with Crippen molar-refractivity contribution in [2.75, 3.05) is 39.6 Å². The Hall–Kier alpha value is -2.41. The molecule has 0 saturated heterocycles. The quantitative estimate of drug-likeness (QED) is 0.453.